The van der Waals surface area contributed by atoms with Gasteiger partial charge in [-0.25, -0.2) is 8.78 Å². The summed E-state index contributed by atoms with van der Waals surface area (Å²) >= 11 is 3.28. The van der Waals surface area contributed by atoms with Crippen LogP contribution >= 0.6 is 15.9 Å². The molecule has 0 radical (unpaired) electrons. The van der Waals surface area contributed by atoms with Crippen molar-refractivity contribution < 1.29 is 13.6 Å². The number of anilines is 1. The molecular weight excluding hydrogens is 316 g/mol. The lowest BCUT2D eigenvalue weighted by atomic mass is 10.1. The fourth-order valence-electron chi connectivity index (χ4n) is 1.60. The van der Waals surface area contributed by atoms with Gasteiger partial charge in [-0.3, -0.25) is 4.79 Å². The van der Waals surface area contributed by atoms with Gasteiger partial charge in [0.1, 0.15) is 11.6 Å². The number of carbonyl (C=O) groups is 1. The van der Waals surface area contributed by atoms with Gasteiger partial charge in [-0.15, -0.1) is 0 Å². The van der Waals surface area contributed by atoms with Crippen molar-refractivity contribution in [1.29, 1.82) is 0 Å². The topological polar surface area (TPSA) is 29.1 Å². The predicted molar refractivity (Wildman–Crippen MR) is 73.2 cm³/mol. The van der Waals surface area contributed by atoms with Gasteiger partial charge in [-0.1, -0.05) is 6.07 Å². The smallest absolute Gasteiger partial charge is 0.258 e. The van der Waals surface area contributed by atoms with Gasteiger partial charge in [0.25, 0.3) is 5.91 Å². The summed E-state index contributed by atoms with van der Waals surface area (Å²) in [7, 11) is 0. The van der Waals surface area contributed by atoms with E-state index in [-0.39, 0.29) is 5.56 Å². The van der Waals surface area contributed by atoms with Crippen molar-refractivity contribution in [3.8, 4) is 0 Å². The molecule has 0 saturated carbocycles. The maximum Gasteiger partial charge on any atom is 0.258 e. The van der Waals surface area contributed by atoms with Crippen LogP contribution in [0.1, 0.15) is 15.9 Å². The average Bonchev–Trinajstić information content (AvgIpc) is 2.36. The predicted octanol–water partition coefficient (Wildman–Crippen LogP) is 4.29. The number of rotatable bonds is 2. The molecule has 0 saturated heterocycles. The quantitative estimate of drug-likeness (QED) is 0.876. The molecule has 0 aliphatic carbocycles. The van der Waals surface area contributed by atoms with Crippen LogP contribution in [0.2, 0.25) is 0 Å². The van der Waals surface area contributed by atoms with Crippen molar-refractivity contribution in [2.24, 2.45) is 0 Å². The minimum Gasteiger partial charge on any atom is -0.321 e. The van der Waals surface area contributed by atoms with Crippen LogP contribution in [0.3, 0.4) is 0 Å². The van der Waals surface area contributed by atoms with Crippen LogP contribution in [0.25, 0.3) is 0 Å². The molecule has 5 heteroatoms. The Kier molecular flexibility index (Phi) is 3.95. The van der Waals surface area contributed by atoms with Crippen LogP contribution in [0.5, 0.6) is 0 Å². The molecule has 98 valence electrons. The minimum atomic E-state index is -0.761. The number of halogens is 3. The third kappa shape index (κ3) is 3.17. The first-order valence-electron chi connectivity index (χ1n) is 5.50. The lowest BCUT2D eigenvalue weighted by molar-refractivity contribution is 0.102. The van der Waals surface area contributed by atoms with E-state index in [0.717, 1.165) is 23.8 Å². The highest BCUT2D eigenvalue weighted by Gasteiger charge is 2.14. The van der Waals surface area contributed by atoms with E-state index >= 15 is 0 Å². The third-order valence-electron chi connectivity index (χ3n) is 2.54. The fraction of sp³-hybridized carbons (Fsp3) is 0.0714. The molecule has 2 aromatic carbocycles. The number of nitrogens with one attached hydrogen (secondary N) is 1. The first kappa shape index (κ1) is 13.7. The van der Waals surface area contributed by atoms with Gasteiger partial charge < -0.3 is 5.32 Å². The van der Waals surface area contributed by atoms with Crippen LogP contribution < -0.4 is 5.32 Å². The van der Waals surface area contributed by atoms with E-state index in [1.54, 1.807) is 12.1 Å². The molecule has 0 spiro atoms. The number of aryl methyl sites for hydroxylation is 1. The summed E-state index contributed by atoms with van der Waals surface area (Å²) in [6, 6.07) is 8.13. The summed E-state index contributed by atoms with van der Waals surface area (Å²) in [5.41, 5.74) is 1.13. The number of amides is 1. The number of hydrogen-bond donors (Lipinski definition) is 1. The zero-order valence-corrected chi connectivity index (χ0v) is 11.6. The molecule has 0 bridgehead atoms. The van der Waals surface area contributed by atoms with E-state index in [4.69, 9.17) is 0 Å². The Labute approximate surface area is 117 Å². The summed E-state index contributed by atoms with van der Waals surface area (Å²) < 4.78 is 27.2. The first-order valence-corrected chi connectivity index (χ1v) is 6.29. The molecule has 2 aromatic rings. The van der Waals surface area contributed by atoms with Crippen molar-refractivity contribution in [2.75, 3.05) is 5.32 Å². The van der Waals surface area contributed by atoms with E-state index in [9.17, 15) is 13.6 Å². The molecule has 1 N–H and O–H groups in total. The zero-order valence-electron chi connectivity index (χ0n) is 10.0. The molecule has 0 atom stereocenters. The van der Waals surface area contributed by atoms with E-state index in [1.165, 1.54) is 0 Å². The Hall–Kier alpha value is -1.75. The zero-order chi connectivity index (χ0) is 14.0. The van der Waals surface area contributed by atoms with Crippen LogP contribution in [0.4, 0.5) is 14.5 Å². The highest BCUT2D eigenvalue weighted by Crippen LogP contribution is 2.24. The molecule has 1 amide bonds. The average molecular weight is 326 g/mol. The molecule has 19 heavy (non-hydrogen) atoms. The van der Waals surface area contributed by atoms with Crippen molar-refractivity contribution in [2.45, 2.75) is 6.92 Å². The molecular formula is C14H10BrF2NO. The number of hydrogen-bond acceptors (Lipinski definition) is 1. The van der Waals surface area contributed by atoms with Gasteiger partial charge in [0, 0.05) is 4.47 Å². The molecule has 2 rings (SSSR count). The first-order chi connectivity index (χ1) is 8.97. The van der Waals surface area contributed by atoms with Crippen molar-refractivity contribution in [1.82, 2.24) is 0 Å². The van der Waals surface area contributed by atoms with Crippen molar-refractivity contribution in [3.63, 3.8) is 0 Å². The van der Waals surface area contributed by atoms with Crippen LogP contribution in [0.15, 0.2) is 40.9 Å². The van der Waals surface area contributed by atoms with Gasteiger partial charge in [0.05, 0.1) is 11.3 Å². The maximum atomic E-state index is 13.5. The highest BCUT2D eigenvalue weighted by atomic mass is 79.9. The van der Waals surface area contributed by atoms with E-state index in [2.05, 4.69) is 21.2 Å². The Morgan fingerprint density at radius 1 is 1.16 bits per heavy atom. The second kappa shape index (κ2) is 5.48. The van der Waals surface area contributed by atoms with Crippen LogP contribution in [-0.4, -0.2) is 5.91 Å². The molecule has 0 aromatic heterocycles. The molecule has 0 aliphatic rings. The van der Waals surface area contributed by atoms with Gasteiger partial charge in [-0.05, 0) is 58.7 Å². The highest BCUT2D eigenvalue weighted by molar-refractivity contribution is 9.10. The van der Waals surface area contributed by atoms with Crippen molar-refractivity contribution in [3.05, 3.63) is 63.6 Å². The van der Waals surface area contributed by atoms with Crippen LogP contribution in [0, 0.1) is 18.6 Å². The van der Waals surface area contributed by atoms with Gasteiger partial charge >= 0.3 is 0 Å². The maximum absolute atomic E-state index is 13.5. The van der Waals surface area contributed by atoms with Gasteiger partial charge in [-0.2, -0.15) is 0 Å². The summed E-state index contributed by atoms with van der Waals surface area (Å²) in [4.78, 5) is 11.9. The van der Waals surface area contributed by atoms with E-state index in [0.29, 0.717) is 10.2 Å². The second-order valence-electron chi connectivity index (χ2n) is 4.06. The third-order valence-corrected chi connectivity index (χ3v) is 3.23. The summed E-state index contributed by atoms with van der Waals surface area (Å²) in [5.74, 6) is -2.11. The van der Waals surface area contributed by atoms with E-state index in [1.807, 2.05) is 13.0 Å². The molecule has 2 nitrogen and oxygen atoms in total. The Bertz CT molecular complexity index is 643. The van der Waals surface area contributed by atoms with Crippen LogP contribution in [-0.2, 0) is 0 Å². The lowest BCUT2D eigenvalue weighted by Crippen LogP contribution is -2.14. The molecule has 0 unspecified atom stereocenters. The lowest BCUT2D eigenvalue weighted by Gasteiger charge is -2.09. The molecule has 0 heterocycles. The monoisotopic (exact) mass is 325 g/mol. The second-order valence-corrected chi connectivity index (χ2v) is 4.92. The summed E-state index contributed by atoms with van der Waals surface area (Å²) in [5, 5.41) is 2.54. The Morgan fingerprint density at radius 2 is 1.89 bits per heavy atom. The van der Waals surface area contributed by atoms with Gasteiger partial charge in [0.2, 0.25) is 0 Å². The van der Waals surface area contributed by atoms with Crippen molar-refractivity contribution >= 4 is 27.5 Å². The molecule has 0 fully saturated rings. The minimum absolute atomic E-state index is 0.326. The van der Waals surface area contributed by atoms with E-state index < -0.39 is 17.5 Å². The summed E-state index contributed by atoms with van der Waals surface area (Å²) in [6.07, 6.45) is 0. The molecule has 0 aliphatic heterocycles. The largest absolute Gasteiger partial charge is 0.321 e. The number of benzene rings is 2. The normalized spacial score (nSPS) is 10.3. The van der Waals surface area contributed by atoms with Gasteiger partial charge in [0.15, 0.2) is 0 Å². The SMILES string of the molecule is Cc1ccc(Br)c(NC(=O)c2cc(F)ccc2F)c1. The summed E-state index contributed by atoms with van der Waals surface area (Å²) in [6.45, 7) is 1.87. The Balaban J connectivity index is 2.30. The standard InChI is InChI=1S/C14H10BrF2NO/c1-8-2-4-11(15)13(6-8)18-14(19)10-7-9(16)3-5-12(10)17/h2-7H,1H3,(H,18,19). The fourth-order valence-corrected chi connectivity index (χ4v) is 1.94. The number of carbonyl (C=O) groups excluding carboxylic acids is 1. The Morgan fingerprint density at radius 3 is 2.63 bits per heavy atom.